The molecular formula is C17H29NO3S. The first kappa shape index (κ1) is 19.0. The van der Waals surface area contributed by atoms with Gasteiger partial charge in [0.25, 0.3) is 0 Å². The van der Waals surface area contributed by atoms with E-state index in [1.807, 2.05) is 13.8 Å². The second-order valence-corrected chi connectivity index (χ2v) is 7.69. The summed E-state index contributed by atoms with van der Waals surface area (Å²) in [6, 6.07) is 6.73. The Morgan fingerprint density at radius 3 is 1.91 bits per heavy atom. The fraction of sp³-hybridized carbons (Fsp3) is 0.647. The molecule has 0 bridgehead atoms. The normalized spacial score (nSPS) is 12.1. The molecule has 22 heavy (non-hydrogen) atoms. The van der Waals surface area contributed by atoms with Gasteiger partial charge in [0.05, 0.1) is 11.0 Å². The smallest absolute Gasteiger partial charge is 0.243 e. The van der Waals surface area contributed by atoms with Crippen molar-refractivity contribution in [2.45, 2.75) is 64.4 Å². The van der Waals surface area contributed by atoms with Crippen LogP contribution in [-0.4, -0.2) is 31.9 Å². The van der Waals surface area contributed by atoms with Crippen LogP contribution < -0.4 is 4.74 Å². The summed E-state index contributed by atoms with van der Waals surface area (Å²) in [5.41, 5.74) is 0. The minimum atomic E-state index is -3.41. The fourth-order valence-electron chi connectivity index (χ4n) is 2.13. The summed E-state index contributed by atoms with van der Waals surface area (Å²) in [7, 11) is -3.41. The average molecular weight is 327 g/mol. The fourth-order valence-corrected chi connectivity index (χ4v) is 3.65. The Balaban J connectivity index is 2.92. The average Bonchev–Trinajstić information content (AvgIpc) is 2.47. The van der Waals surface area contributed by atoms with Gasteiger partial charge in [-0.1, -0.05) is 26.7 Å². The Labute approximate surface area is 135 Å². The van der Waals surface area contributed by atoms with Crippen molar-refractivity contribution in [3.8, 4) is 5.75 Å². The molecule has 0 N–H and O–H groups in total. The molecule has 0 amide bonds. The van der Waals surface area contributed by atoms with Crippen LogP contribution in [0, 0.1) is 0 Å². The summed E-state index contributed by atoms with van der Waals surface area (Å²) in [6.45, 7) is 9.21. The molecule has 4 nitrogen and oxygen atoms in total. The van der Waals surface area contributed by atoms with Crippen molar-refractivity contribution in [1.29, 1.82) is 0 Å². The SMILES string of the molecule is CCCCN(CCCC)S(=O)(=O)c1ccc(OC(C)C)cc1. The second-order valence-electron chi connectivity index (χ2n) is 5.75. The van der Waals surface area contributed by atoms with Gasteiger partial charge < -0.3 is 4.74 Å². The maximum atomic E-state index is 12.8. The molecule has 0 fully saturated rings. The molecule has 0 radical (unpaired) electrons. The van der Waals surface area contributed by atoms with Crippen LogP contribution in [0.5, 0.6) is 5.75 Å². The molecule has 0 atom stereocenters. The minimum Gasteiger partial charge on any atom is -0.491 e. The van der Waals surface area contributed by atoms with Gasteiger partial charge in [0.2, 0.25) is 10.0 Å². The molecule has 126 valence electrons. The summed E-state index contributed by atoms with van der Waals surface area (Å²) in [5, 5.41) is 0. The zero-order valence-corrected chi connectivity index (χ0v) is 15.0. The maximum absolute atomic E-state index is 12.8. The molecule has 0 spiro atoms. The monoisotopic (exact) mass is 327 g/mol. The third-order valence-electron chi connectivity index (χ3n) is 3.36. The zero-order chi connectivity index (χ0) is 16.6. The van der Waals surface area contributed by atoms with E-state index < -0.39 is 10.0 Å². The topological polar surface area (TPSA) is 46.6 Å². The summed E-state index contributed by atoms with van der Waals surface area (Å²) in [5.74, 6) is 0.697. The van der Waals surface area contributed by atoms with Gasteiger partial charge in [-0.2, -0.15) is 4.31 Å². The van der Waals surface area contributed by atoms with E-state index in [1.54, 1.807) is 28.6 Å². The standard InChI is InChI=1S/C17H29NO3S/c1-5-7-13-18(14-8-6-2)22(19,20)17-11-9-16(10-12-17)21-15(3)4/h9-12,15H,5-8,13-14H2,1-4H3. The first-order chi connectivity index (χ1) is 10.4. The molecule has 0 aromatic heterocycles. The number of nitrogens with zero attached hydrogens (tertiary/aromatic N) is 1. The second kappa shape index (κ2) is 9.16. The van der Waals surface area contributed by atoms with Gasteiger partial charge in [-0.3, -0.25) is 0 Å². The van der Waals surface area contributed by atoms with Gasteiger partial charge in [0.1, 0.15) is 5.75 Å². The van der Waals surface area contributed by atoms with E-state index in [0.29, 0.717) is 23.7 Å². The Morgan fingerprint density at radius 1 is 1.00 bits per heavy atom. The molecule has 1 aromatic rings. The van der Waals surface area contributed by atoms with E-state index in [-0.39, 0.29) is 6.10 Å². The molecule has 0 aliphatic rings. The number of hydrogen-bond acceptors (Lipinski definition) is 3. The van der Waals surface area contributed by atoms with E-state index in [1.165, 1.54) is 0 Å². The molecule has 0 saturated carbocycles. The third-order valence-corrected chi connectivity index (χ3v) is 5.27. The van der Waals surface area contributed by atoms with Crippen molar-refractivity contribution < 1.29 is 13.2 Å². The summed E-state index contributed by atoms with van der Waals surface area (Å²) in [6.07, 6.45) is 3.82. The Kier molecular flexibility index (Phi) is 7.90. The Bertz CT molecular complexity index is 515. The third kappa shape index (κ3) is 5.61. The highest BCUT2D eigenvalue weighted by Crippen LogP contribution is 2.21. The number of hydrogen-bond donors (Lipinski definition) is 0. The number of ether oxygens (including phenoxy) is 1. The first-order valence-electron chi connectivity index (χ1n) is 8.18. The highest BCUT2D eigenvalue weighted by molar-refractivity contribution is 7.89. The van der Waals surface area contributed by atoms with Crippen LogP contribution in [0.2, 0.25) is 0 Å². The maximum Gasteiger partial charge on any atom is 0.243 e. The van der Waals surface area contributed by atoms with Crippen LogP contribution >= 0.6 is 0 Å². The van der Waals surface area contributed by atoms with Gasteiger partial charge in [0.15, 0.2) is 0 Å². The zero-order valence-electron chi connectivity index (χ0n) is 14.2. The van der Waals surface area contributed by atoms with Crippen LogP contribution in [0.4, 0.5) is 0 Å². The van der Waals surface area contributed by atoms with Crippen LogP contribution in [0.1, 0.15) is 53.4 Å². The Hall–Kier alpha value is -1.07. The number of rotatable bonds is 10. The number of sulfonamides is 1. The van der Waals surface area contributed by atoms with Crippen LogP contribution in [0.3, 0.4) is 0 Å². The molecule has 0 aliphatic heterocycles. The summed E-state index contributed by atoms with van der Waals surface area (Å²) < 4.78 is 32.7. The van der Waals surface area contributed by atoms with E-state index in [9.17, 15) is 8.42 Å². The number of unbranched alkanes of at least 4 members (excludes halogenated alkanes) is 2. The predicted octanol–water partition coefficient (Wildman–Crippen LogP) is 4.06. The lowest BCUT2D eigenvalue weighted by Crippen LogP contribution is -2.33. The van der Waals surface area contributed by atoms with Crippen molar-refractivity contribution >= 4 is 10.0 Å². The highest BCUT2D eigenvalue weighted by Gasteiger charge is 2.23. The van der Waals surface area contributed by atoms with Crippen molar-refractivity contribution in [2.75, 3.05) is 13.1 Å². The summed E-state index contributed by atoms with van der Waals surface area (Å²) >= 11 is 0. The predicted molar refractivity (Wildman–Crippen MR) is 90.8 cm³/mol. The molecule has 1 aromatic carbocycles. The largest absolute Gasteiger partial charge is 0.491 e. The Morgan fingerprint density at radius 2 is 1.50 bits per heavy atom. The van der Waals surface area contributed by atoms with E-state index in [4.69, 9.17) is 4.74 Å². The minimum absolute atomic E-state index is 0.0769. The molecule has 0 aliphatic carbocycles. The van der Waals surface area contributed by atoms with Gasteiger partial charge in [-0.25, -0.2) is 8.42 Å². The van der Waals surface area contributed by atoms with Crippen LogP contribution in [0.25, 0.3) is 0 Å². The van der Waals surface area contributed by atoms with Gasteiger partial charge in [-0.05, 0) is 51.0 Å². The van der Waals surface area contributed by atoms with Gasteiger partial charge >= 0.3 is 0 Å². The van der Waals surface area contributed by atoms with Gasteiger partial charge in [-0.15, -0.1) is 0 Å². The van der Waals surface area contributed by atoms with Gasteiger partial charge in [0, 0.05) is 13.1 Å². The lowest BCUT2D eigenvalue weighted by molar-refractivity contribution is 0.242. The molecule has 0 unspecified atom stereocenters. The first-order valence-corrected chi connectivity index (χ1v) is 9.62. The molecule has 1 rings (SSSR count). The molecule has 0 saturated heterocycles. The van der Waals surface area contributed by atoms with E-state index in [0.717, 1.165) is 25.7 Å². The number of benzene rings is 1. The molecular weight excluding hydrogens is 298 g/mol. The van der Waals surface area contributed by atoms with E-state index in [2.05, 4.69) is 13.8 Å². The summed E-state index contributed by atoms with van der Waals surface area (Å²) in [4.78, 5) is 0.343. The van der Waals surface area contributed by atoms with E-state index >= 15 is 0 Å². The van der Waals surface area contributed by atoms with Crippen molar-refractivity contribution in [3.05, 3.63) is 24.3 Å². The molecule has 0 heterocycles. The van der Waals surface area contributed by atoms with Crippen molar-refractivity contribution in [1.82, 2.24) is 4.31 Å². The highest BCUT2D eigenvalue weighted by atomic mass is 32.2. The van der Waals surface area contributed by atoms with Crippen LogP contribution in [0.15, 0.2) is 29.2 Å². The van der Waals surface area contributed by atoms with Crippen LogP contribution in [-0.2, 0) is 10.0 Å². The lowest BCUT2D eigenvalue weighted by atomic mass is 10.3. The van der Waals surface area contributed by atoms with Crippen molar-refractivity contribution in [3.63, 3.8) is 0 Å². The lowest BCUT2D eigenvalue weighted by Gasteiger charge is -2.22. The van der Waals surface area contributed by atoms with Crippen molar-refractivity contribution in [2.24, 2.45) is 0 Å². The molecule has 5 heteroatoms. The quantitative estimate of drug-likeness (QED) is 0.651.